The molecule has 4 heteroatoms. The summed E-state index contributed by atoms with van der Waals surface area (Å²) in [6, 6.07) is 7.22. The number of hydrogen-bond donors (Lipinski definition) is 1. The maximum Gasteiger partial charge on any atom is 0.254 e. The van der Waals surface area contributed by atoms with E-state index in [1.165, 1.54) is 0 Å². The average Bonchev–Trinajstić information content (AvgIpc) is 2.59. The number of benzene rings is 1. The first-order valence-electron chi connectivity index (χ1n) is 5.41. The van der Waals surface area contributed by atoms with Gasteiger partial charge in [0.05, 0.1) is 0 Å². The van der Waals surface area contributed by atoms with Gasteiger partial charge in [0, 0.05) is 29.2 Å². The van der Waals surface area contributed by atoms with Crippen LogP contribution in [-0.4, -0.2) is 29.4 Å². The van der Waals surface area contributed by atoms with Gasteiger partial charge in [0.1, 0.15) is 0 Å². The lowest BCUT2D eigenvalue weighted by atomic mass is 10.1. The molecule has 1 aliphatic heterocycles. The number of halogens is 1. The van der Waals surface area contributed by atoms with Crippen molar-refractivity contribution < 1.29 is 4.79 Å². The van der Waals surface area contributed by atoms with Crippen LogP contribution in [0.5, 0.6) is 0 Å². The van der Waals surface area contributed by atoms with Crippen LogP contribution in [0, 0.1) is 0 Å². The molecule has 1 saturated heterocycles. The van der Waals surface area contributed by atoms with Crippen LogP contribution in [0.2, 0.25) is 5.02 Å². The zero-order valence-electron chi connectivity index (χ0n) is 9.19. The first-order valence-corrected chi connectivity index (χ1v) is 5.79. The van der Waals surface area contributed by atoms with Gasteiger partial charge in [-0.2, -0.15) is 0 Å². The fourth-order valence-corrected chi connectivity index (χ4v) is 2.23. The van der Waals surface area contributed by atoms with E-state index in [-0.39, 0.29) is 18.0 Å². The molecule has 0 aliphatic carbocycles. The second-order valence-electron chi connectivity index (χ2n) is 4.20. The molecule has 1 aromatic carbocycles. The Morgan fingerprint density at radius 3 is 2.88 bits per heavy atom. The van der Waals surface area contributed by atoms with Gasteiger partial charge < -0.3 is 10.6 Å². The molecule has 2 rings (SSSR count). The Morgan fingerprint density at radius 2 is 2.31 bits per heavy atom. The van der Waals surface area contributed by atoms with Crippen LogP contribution >= 0.6 is 11.6 Å². The fourth-order valence-electron chi connectivity index (χ4n) is 2.04. The van der Waals surface area contributed by atoms with Crippen molar-refractivity contribution >= 4 is 17.5 Å². The lowest BCUT2D eigenvalue weighted by molar-refractivity contribution is 0.0742. The van der Waals surface area contributed by atoms with Crippen molar-refractivity contribution in [1.29, 1.82) is 0 Å². The number of hydrogen-bond acceptors (Lipinski definition) is 2. The molecule has 0 spiro atoms. The number of likely N-dealkylation sites (tertiary alicyclic amines) is 1. The molecular weight excluding hydrogens is 224 g/mol. The van der Waals surface area contributed by atoms with Gasteiger partial charge in [0.2, 0.25) is 0 Å². The molecule has 0 saturated carbocycles. The van der Waals surface area contributed by atoms with Crippen molar-refractivity contribution in [3.63, 3.8) is 0 Å². The second-order valence-corrected chi connectivity index (χ2v) is 4.64. The standard InChI is InChI=1S/C12H15ClN2O/c1-8-11(14)5-6-15(8)12(16)9-3-2-4-10(13)7-9/h2-4,7-8,11H,5-6,14H2,1H3. The smallest absolute Gasteiger partial charge is 0.254 e. The minimum Gasteiger partial charge on any atom is -0.334 e. The van der Waals surface area contributed by atoms with Crippen LogP contribution in [0.25, 0.3) is 0 Å². The fraction of sp³-hybridized carbons (Fsp3) is 0.417. The summed E-state index contributed by atoms with van der Waals surface area (Å²) in [6.45, 7) is 2.72. The van der Waals surface area contributed by atoms with Crippen LogP contribution in [-0.2, 0) is 0 Å². The van der Waals surface area contributed by atoms with Crippen molar-refractivity contribution in [2.75, 3.05) is 6.54 Å². The third kappa shape index (κ3) is 2.06. The van der Waals surface area contributed by atoms with Gasteiger partial charge in [-0.3, -0.25) is 4.79 Å². The van der Waals surface area contributed by atoms with E-state index in [1.54, 1.807) is 24.3 Å². The lowest BCUT2D eigenvalue weighted by Gasteiger charge is -2.23. The van der Waals surface area contributed by atoms with E-state index in [1.807, 2.05) is 11.8 Å². The van der Waals surface area contributed by atoms with Gasteiger partial charge >= 0.3 is 0 Å². The van der Waals surface area contributed by atoms with Gasteiger partial charge in [0.15, 0.2) is 0 Å². The van der Waals surface area contributed by atoms with Crippen LogP contribution in [0.15, 0.2) is 24.3 Å². The molecule has 2 unspecified atom stereocenters. The van der Waals surface area contributed by atoms with Gasteiger partial charge in [-0.25, -0.2) is 0 Å². The first-order chi connectivity index (χ1) is 7.59. The van der Waals surface area contributed by atoms with Crippen molar-refractivity contribution in [2.24, 2.45) is 5.73 Å². The Labute approximate surface area is 100 Å². The summed E-state index contributed by atoms with van der Waals surface area (Å²) < 4.78 is 0. The van der Waals surface area contributed by atoms with Crippen LogP contribution in [0.3, 0.4) is 0 Å². The molecule has 86 valence electrons. The van der Waals surface area contributed by atoms with E-state index in [4.69, 9.17) is 17.3 Å². The Kier molecular flexibility index (Phi) is 3.17. The van der Waals surface area contributed by atoms with Gasteiger partial charge in [0.25, 0.3) is 5.91 Å². The highest BCUT2D eigenvalue weighted by molar-refractivity contribution is 6.30. The number of carbonyl (C=O) groups is 1. The highest BCUT2D eigenvalue weighted by Crippen LogP contribution is 2.20. The van der Waals surface area contributed by atoms with Crippen LogP contribution in [0.4, 0.5) is 0 Å². The normalized spacial score (nSPS) is 24.8. The number of rotatable bonds is 1. The van der Waals surface area contributed by atoms with Gasteiger partial charge in [-0.05, 0) is 31.5 Å². The van der Waals surface area contributed by atoms with Crippen molar-refractivity contribution in [1.82, 2.24) is 4.90 Å². The summed E-state index contributed by atoms with van der Waals surface area (Å²) in [7, 11) is 0. The summed E-state index contributed by atoms with van der Waals surface area (Å²) in [4.78, 5) is 14.0. The zero-order chi connectivity index (χ0) is 11.7. The lowest BCUT2D eigenvalue weighted by Crippen LogP contribution is -2.40. The summed E-state index contributed by atoms with van der Waals surface area (Å²) in [5.74, 6) is 0.0166. The molecule has 2 N–H and O–H groups in total. The SMILES string of the molecule is CC1C(N)CCN1C(=O)c1cccc(Cl)c1. The highest BCUT2D eigenvalue weighted by Gasteiger charge is 2.31. The van der Waals surface area contributed by atoms with E-state index in [2.05, 4.69) is 0 Å². The summed E-state index contributed by atoms with van der Waals surface area (Å²) in [5, 5.41) is 0.585. The molecule has 1 heterocycles. The van der Waals surface area contributed by atoms with Gasteiger partial charge in [-0.1, -0.05) is 17.7 Å². The molecule has 0 bridgehead atoms. The minimum atomic E-state index is 0.0166. The minimum absolute atomic E-state index is 0.0166. The van der Waals surface area contributed by atoms with E-state index in [0.717, 1.165) is 13.0 Å². The first kappa shape index (κ1) is 11.4. The second kappa shape index (κ2) is 4.44. The molecule has 16 heavy (non-hydrogen) atoms. The molecule has 1 amide bonds. The monoisotopic (exact) mass is 238 g/mol. The molecule has 0 radical (unpaired) electrons. The molecule has 1 aliphatic rings. The Balaban J connectivity index is 2.20. The Morgan fingerprint density at radius 1 is 1.56 bits per heavy atom. The molecule has 0 aromatic heterocycles. The largest absolute Gasteiger partial charge is 0.334 e. The number of carbonyl (C=O) groups excluding carboxylic acids is 1. The van der Waals surface area contributed by atoms with E-state index in [0.29, 0.717) is 10.6 Å². The van der Waals surface area contributed by atoms with Crippen molar-refractivity contribution in [2.45, 2.75) is 25.4 Å². The van der Waals surface area contributed by atoms with E-state index >= 15 is 0 Å². The predicted octanol–water partition coefficient (Wildman–Crippen LogP) is 1.90. The van der Waals surface area contributed by atoms with E-state index < -0.39 is 0 Å². The average molecular weight is 239 g/mol. The molecule has 2 atom stereocenters. The Bertz CT molecular complexity index is 408. The van der Waals surface area contributed by atoms with Gasteiger partial charge in [-0.15, -0.1) is 0 Å². The topological polar surface area (TPSA) is 46.3 Å². The molecule has 1 aromatic rings. The quantitative estimate of drug-likeness (QED) is 0.812. The summed E-state index contributed by atoms with van der Waals surface area (Å²) in [5.41, 5.74) is 6.53. The van der Waals surface area contributed by atoms with Crippen LogP contribution < -0.4 is 5.73 Å². The number of amides is 1. The zero-order valence-corrected chi connectivity index (χ0v) is 9.95. The maximum absolute atomic E-state index is 12.2. The van der Waals surface area contributed by atoms with E-state index in [9.17, 15) is 4.79 Å². The Hall–Kier alpha value is -1.06. The van der Waals surface area contributed by atoms with Crippen molar-refractivity contribution in [3.05, 3.63) is 34.9 Å². The molecule has 3 nitrogen and oxygen atoms in total. The maximum atomic E-state index is 12.2. The highest BCUT2D eigenvalue weighted by atomic mass is 35.5. The predicted molar refractivity (Wildman–Crippen MR) is 64.5 cm³/mol. The third-order valence-electron chi connectivity index (χ3n) is 3.15. The third-order valence-corrected chi connectivity index (χ3v) is 3.38. The summed E-state index contributed by atoms with van der Waals surface area (Å²) >= 11 is 5.87. The number of nitrogens with zero attached hydrogens (tertiary/aromatic N) is 1. The molecule has 1 fully saturated rings. The summed E-state index contributed by atoms with van der Waals surface area (Å²) in [6.07, 6.45) is 0.869. The molecular formula is C12H15ClN2O. The number of nitrogens with two attached hydrogens (primary N) is 1. The van der Waals surface area contributed by atoms with Crippen molar-refractivity contribution in [3.8, 4) is 0 Å². The van der Waals surface area contributed by atoms with Crippen LogP contribution in [0.1, 0.15) is 23.7 Å².